The van der Waals surface area contributed by atoms with Crippen molar-refractivity contribution in [3.8, 4) is 0 Å². The minimum absolute atomic E-state index is 0.201. The zero-order valence-electron chi connectivity index (χ0n) is 9.64. The summed E-state index contributed by atoms with van der Waals surface area (Å²) in [5.74, 6) is -0.496. The number of hydrogen-bond acceptors (Lipinski definition) is 3. The molecule has 0 amide bonds. The minimum Gasteiger partial charge on any atom is -0.478 e. The van der Waals surface area contributed by atoms with Gasteiger partial charge in [0.15, 0.2) is 0 Å². The molecule has 0 fully saturated rings. The van der Waals surface area contributed by atoms with Gasteiger partial charge in [0.1, 0.15) is 5.82 Å². The van der Waals surface area contributed by atoms with Gasteiger partial charge in [-0.25, -0.2) is 9.78 Å². The average molecular weight is 263 g/mol. The van der Waals surface area contributed by atoms with Crippen molar-refractivity contribution in [2.24, 2.45) is 0 Å². The Hall–Kier alpha value is -2.07. The summed E-state index contributed by atoms with van der Waals surface area (Å²) >= 11 is 5.87. The lowest BCUT2D eigenvalue weighted by molar-refractivity contribution is 0.0696. The molecule has 18 heavy (non-hydrogen) atoms. The lowest BCUT2D eigenvalue weighted by Gasteiger charge is -2.07. The van der Waals surface area contributed by atoms with Crippen molar-refractivity contribution in [2.75, 3.05) is 5.32 Å². The Morgan fingerprint density at radius 2 is 2.11 bits per heavy atom. The molecule has 2 N–H and O–H groups in total. The van der Waals surface area contributed by atoms with Crippen molar-refractivity contribution in [1.82, 2.24) is 4.98 Å². The lowest BCUT2D eigenvalue weighted by Crippen LogP contribution is -2.01. The van der Waals surface area contributed by atoms with Crippen LogP contribution in [0.5, 0.6) is 0 Å². The molecule has 5 heteroatoms. The fourth-order valence-corrected chi connectivity index (χ4v) is 1.76. The van der Waals surface area contributed by atoms with Crippen LogP contribution in [0.25, 0.3) is 0 Å². The number of carbonyl (C=O) groups is 1. The maximum absolute atomic E-state index is 10.9. The highest BCUT2D eigenvalue weighted by molar-refractivity contribution is 6.30. The highest BCUT2D eigenvalue weighted by Crippen LogP contribution is 2.20. The molecule has 2 rings (SSSR count). The van der Waals surface area contributed by atoms with Gasteiger partial charge in [-0.1, -0.05) is 17.7 Å². The van der Waals surface area contributed by atoms with Crippen LogP contribution in [0.15, 0.2) is 36.4 Å². The van der Waals surface area contributed by atoms with E-state index in [1.165, 1.54) is 12.1 Å². The third kappa shape index (κ3) is 2.99. The second-order valence-electron chi connectivity index (χ2n) is 3.82. The first-order valence-electron chi connectivity index (χ1n) is 5.29. The van der Waals surface area contributed by atoms with E-state index in [0.29, 0.717) is 16.5 Å². The molecular weight excluding hydrogens is 252 g/mol. The molecule has 1 heterocycles. The van der Waals surface area contributed by atoms with E-state index in [9.17, 15) is 4.79 Å². The topological polar surface area (TPSA) is 62.2 Å². The summed E-state index contributed by atoms with van der Waals surface area (Å²) < 4.78 is 0. The van der Waals surface area contributed by atoms with E-state index in [2.05, 4.69) is 10.3 Å². The molecule has 1 aromatic carbocycles. The first-order chi connectivity index (χ1) is 8.54. The number of hydrogen-bond donors (Lipinski definition) is 2. The van der Waals surface area contributed by atoms with Gasteiger partial charge in [0.2, 0.25) is 0 Å². The van der Waals surface area contributed by atoms with Gasteiger partial charge in [0.05, 0.1) is 5.56 Å². The summed E-state index contributed by atoms with van der Waals surface area (Å²) in [6.07, 6.45) is 0. The van der Waals surface area contributed by atoms with Gasteiger partial charge in [-0.2, -0.15) is 0 Å². The number of pyridine rings is 1. The second kappa shape index (κ2) is 5.06. The number of anilines is 2. The van der Waals surface area contributed by atoms with Gasteiger partial charge in [-0.05, 0) is 37.3 Å². The van der Waals surface area contributed by atoms with E-state index < -0.39 is 5.97 Å². The first kappa shape index (κ1) is 12.4. The van der Waals surface area contributed by atoms with Crippen LogP contribution in [-0.2, 0) is 0 Å². The largest absolute Gasteiger partial charge is 0.478 e. The van der Waals surface area contributed by atoms with Crippen molar-refractivity contribution in [3.63, 3.8) is 0 Å². The van der Waals surface area contributed by atoms with E-state index in [0.717, 1.165) is 5.69 Å². The van der Waals surface area contributed by atoms with Crippen LogP contribution in [0.2, 0.25) is 5.02 Å². The van der Waals surface area contributed by atoms with Crippen molar-refractivity contribution in [2.45, 2.75) is 6.92 Å². The van der Waals surface area contributed by atoms with Crippen molar-refractivity contribution in [3.05, 3.63) is 52.7 Å². The molecule has 1 aromatic heterocycles. The summed E-state index contributed by atoms with van der Waals surface area (Å²) in [4.78, 5) is 15.2. The number of aromatic carboxylic acids is 1. The second-order valence-corrected chi connectivity index (χ2v) is 4.26. The Kier molecular flexibility index (Phi) is 3.48. The molecule has 0 saturated carbocycles. The fourth-order valence-electron chi connectivity index (χ4n) is 1.57. The van der Waals surface area contributed by atoms with E-state index in [-0.39, 0.29) is 5.56 Å². The van der Waals surface area contributed by atoms with E-state index in [4.69, 9.17) is 16.7 Å². The van der Waals surface area contributed by atoms with Gasteiger partial charge >= 0.3 is 5.97 Å². The summed E-state index contributed by atoms with van der Waals surface area (Å²) in [6, 6.07) is 10.1. The molecule has 0 aliphatic carbocycles. The number of nitrogens with zero attached hydrogens (tertiary/aromatic N) is 1. The van der Waals surface area contributed by atoms with Crippen LogP contribution < -0.4 is 5.32 Å². The molecule has 0 atom stereocenters. The monoisotopic (exact) mass is 262 g/mol. The predicted octanol–water partition coefficient (Wildman–Crippen LogP) is 3.49. The molecule has 0 unspecified atom stereocenters. The maximum Gasteiger partial charge on any atom is 0.335 e. The normalized spacial score (nSPS) is 10.1. The third-order valence-corrected chi connectivity index (χ3v) is 2.53. The summed E-state index contributed by atoms with van der Waals surface area (Å²) in [6.45, 7) is 1.75. The van der Waals surface area contributed by atoms with Gasteiger partial charge in [0, 0.05) is 16.4 Å². The van der Waals surface area contributed by atoms with Crippen LogP contribution in [-0.4, -0.2) is 16.1 Å². The van der Waals surface area contributed by atoms with Gasteiger partial charge in [-0.15, -0.1) is 0 Å². The number of benzene rings is 1. The standard InChI is InChI=1S/C13H11ClN2O2/c1-8-5-9(13(17)18)6-12(15-8)16-11-4-2-3-10(14)7-11/h2-7H,1H3,(H,15,16)(H,17,18). The number of halogens is 1. The lowest BCUT2D eigenvalue weighted by atomic mass is 10.2. The number of carboxylic acids is 1. The number of carboxylic acid groups (broad SMARTS) is 1. The predicted molar refractivity (Wildman–Crippen MR) is 70.7 cm³/mol. The Labute approximate surface area is 109 Å². The van der Waals surface area contributed by atoms with E-state index in [1.54, 1.807) is 25.1 Å². The highest BCUT2D eigenvalue weighted by atomic mass is 35.5. The van der Waals surface area contributed by atoms with Crippen LogP contribution in [0.3, 0.4) is 0 Å². The number of rotatable bonds is 3. The van der Waals surface area contributed by atoms with Gasteiger partial charge < -0.3 is 10.4 Å². The summed E-state index contributed by atoms with van der Waals surface area (Å²) in [5.41, 5.74) is 1.60. The number of nitrogens with one attached hydrogen (secondary N) is 1. The molecular formula is C13H11ClN2O2. The van der Waals surface area contributed by atoms with Crippen LogP contribution in [0.1, 0.15) is 16.1 Å². The fraction of sp³-hybridized carbons (Fsp3) is 0.0769. The quantitative estimate of drug-likeness (QED) is 0.889. The Bertz CT molecular complexity index is 599. The molecule has 0 saturated heterocycles. The van der Waals surface area contributed by atoms with E-state index in [1.807, 2.05) is 6.07 Å². The highest BCUT2D eigenvalue weighted by Gasteiger charge is 2.06. The molecule has 2 aromatic rings. The van der Waals surface area contributed by atoms with Crippen molar-refractivity contribution >= 4 is 29.1 Å². The minimum atomic E-state index is -0.977. The zero-order valence-corrected chi connectivity index (χ0v) is 10.4. The van der Waals surface area contributed by atoms with E-state index >= 15 is 0 Å². The van der Waals surface area contributed by atoms with Crippen LogP contribution >= 0.6 is 11.6 Å². The molecule has 0 radical (unpaired) electrons. The molecule has 0 aliphatic heterocycles. The van der Waals surface area contributed by atoms with Crippen molar-refractivity contribution < 1.29 is 9.90 Å². The maximum atomic E-state index is 10.9. The third-order valence-electron chi connectivity index (χ3n) is 2.30. The first-order valence-corrected chi connectivity index (χ1v) is 5.67. The SMILES string of the molecule is Cc1cc(C(=O)O)cc(Nc2cccc(Cl)c2)n1. The van der Waals surface area contributed by atoms with Crippen molar-refractivity contribution in [1.29, 1.82) is 0 Å². The molecule has 0 spiro atoms. The smallest absolute Gasteiger partial charge is 0.335 e. The molecule has 92 valence electrons. The number of aryl methyl sites for hydroxylation is 1. The zero-order chi connectivity index (χ0) is 13.1. The summed E-state index contributed by atoms with van der Waals surface area (Å²) in [7, 11) is 0. The molecule has 4 nitrogen and oxygen atoms in total. The summed E-state index contributed by atoms with van der Waals surface area (Å²) in [5, 5.41) is 12.6. The molecule has 0 bridgehead atoms. The average Bonchev–Trinajstić information content (AvgIpc) is 2.28. The van der Waals surface area contributed by atoms with Crippen LogP contribution in [0.4, 0.5) is 11.5 Å². The van der Waals surface area contributed by atoms with Gasteiger partial charge in [-0.3, -0.25) is 0 Å². The van der Waals surface area contributed by atoms with Crippen LogP contribution in [0, 0.1) is 6.92 Å². The Morgan fingerprint density at radius 1 is 1.33 bits per heavy atom. The molecule has 0 aliphatic rings. The van der Waals surface area contributed by atoms with Gasteiger partial charge in [0.25, 0.3) is 0 Å². The Balaban J connectivity index is 2.31. The Morgan fingerprint density at radius 3 is 2.78 bits per heavy atom. The number of aromatic nitrogens is 1.